The molecule has 0 spiro atoms. The maximum Gasteiger partial charge on any atom is 0.223 e. The zero-order chi connectivity index (χ0) is 17.4. The van der Waals surface area contributed by atoms with Crippen molar-refractivity contribution >= 4 is 11.5 Å². The van der Waals surface area contributed by atoms with Gasteiger partial charge in [0, 0.05) is 16.8 Å². The SMILES string of the molecule is CC(C)(C)c1cc(Nc2c[n+]([O-])ccn2)cc(C(C)(C)C)c1O. The molecular weight excluding hydrogens is 290 g/mol. The molecule has 0 unspecified atom stereocenters. The first-order chi connectivity index (χ1) is 10.5. The van der Waals surface area contributed by atoms with E-state index in [9.17, 15) is 10.3 Å². The van der Waals surface area contributed by atoms with Crippen molar-refractivity contribution in [3.63, 3.8) is 0 Å². The Hall–Kier alpha value is -2.30. The van der Waals surface area contributed by atoms with Gasteiger partial charge in [-0.25, -0.2) is 4.98 Å². The molecule has 2 rings (SSSR count). The van der Waals surface area contributed by atoms with Crippen molar-refractivity contribution in [1.82, 2.24) is 4.98 Å². The molecule has 0 aliphatic rings. The van der Waals surface area contributed by atoms with Crippen molar-refractivity contribution in [3.8, 4) is 5.75 Å². The average Bonchev–Trinajstić information content (AvgIpc) is 2.38. The molecule has 1 aromatic carbocycles. The van der Waals surface area contributed by atoms with E-state index in [1.54, 1.807) is 0 Å². The minimum atomic E-state index is -0.204. The third-order valence-corrected chi connectivity index (χ3v) is 3.68. The standard InChI is InChI=1S/C18H25N3O2/c1-17(2,3)13-9-12(10-14(16(13)22)18(4,5)6)20-15-11-21(23)8-7-19-15/h7-11,22H,1-6H3,(H,19,20). The number of aromatic hydroxyl groups is 1. The van der Waals surface area contributed by atoms with Crippen LogP contribution in [0, 0.1) is 5.21 Å². The first-order valence-corrected chi connectivity index (χ1v) is 7.68. The van der Waals surface area contributed by atoms with Gasteiger partial charge in [0.15, 0.2) is 12.0 Å². The van der Waals surface area contributed by atoms with Crippen LogP contribution in [-0.2, 0) is 10.8 Å². The Kier molecular flexibility index (Phi) is 4.24. The molecule has 0 fully saturated rings. The molecule has 2 aromatic rings. The van der Waals surface area contributed by atoms with E-state index in [1.165, 1.54) is 18.6 Å². The Morgan fingerprint density at radius 3 is 2.00 bits per heavy atom. The predicted octanol–water partition coefficient (Wildman–Crippen LogP) is 3.76. The zero-order valence-electron chi connectivity index (χ0n) is 14.6. The van der Waals surface area contributed by atoms with Crippen LogP contribution >= 0.6 is 0 Å². The largest absolute Gasteiger partial charge is 0.619 e. The number of aromatic nitrogens is 2. The van der Waals surface area contributed by atoms with Gasteiger partial charge in [-0.1, -0.05) is 41.5 Å². The van der Waals surface area contributed by atoms with Gasteiger partial charge in [0.2, 0.25) is 6.20 Å². The van der Waals surface area contributed by atoms with E-state index >= 15 is 0 Å². The van der Waals surface area contributed by atoms with E-state index in [0.29, 0.717) is 16.3 Å². The van der Waals surface area contributed by atoms with Crippen LogP contribution in [0.25, 0.3) is 0 Å². The number of phenols is 1. The van der Waals surface area contributed by atoms with E-state index in [0.717, 1.165) is 16.8 Å². The first-order valence-electron chi connectivity index (χ1n) is 7.68. The van der Waals surface area contributed by atoms with Crippen molar-refractivity contribution in [1.29, 1.82) is 0 Å². The summed E-state index contributed by atoms with van der Waals surface area (Å²) in [7, 11) is 0. The Labute approximate surface area is 137 Å². The summed E-state index contributed by atoms with van der Waals surface area (Å²) in [4.78, 5) is 4.15. The molecule has 0 amide bonds. The molecule has 2 N–H and O–H groups in total. The van der Waals surface area contributed by atoms with Gasteiger partial charge in [0.1, 0.15) is 5.75 Å². The maximum atomic E-state index is 11.4. The number of hydrogen-bond donors (Lipinski definition) is 2. The van der Waals surface area contributed by atoms with E-state index in [-0.39, 0.29) is 10.8 Å². The van der Waals surface area contributed by atoms with Gasteiger partial charge < -0.3 is 15.6 Å². The second-order valence-corrected chi connectivity index (χ2v) is 7.85. The number of nitrogens with zero attached hydrogens (tertiary/aromatic N) is 2. The number of anilines is 2. The summed E-state index contributed by atoms with van der Waals surface area (Å²) in [6, 6.07) is 3.82. The highest BCUT2D eigenvalue weighted by molar-refractivity contribution is 5.63. The minimum absolute atomic E-state index is 0.204. The van der Waals surface area contributed by atoms with Crippen LogP contribution in [0.5, 0.6) is 5.75 Å². The molecule has 5 nitrogen and oxygen atoms in total. The predicted molar refractivity (Wildman–Crippen MR) is 92.0 cm³/mol. The fraction of sp³-hybridized carbons (Fsp3) is 0.444. The van der Waals surface area contributed by atoms with E-state index in [1.807, 2.05) is 12.1 Å². The molecule has 0 aliphatic carbocycles. The number of rotatable bonds is 2. The van der Waals surface area contributed by atoms with Gasteiger partial charge in [-0.3, -0.25) is 0 Å². The second kappa shape index (κ2) is 5.72. The third-order valence-electron chi connectivity index (χ3n) is 3.68. The van der Waals surface area contributed by atoms with Crippen LogP contribution in [0.1, 0.15) is 52.7 Å². The van der Waals surface area contributed by atoms with Crippen molar-refractivity contribution in [2.75, 3.05) is 5.32 Å². The van der Waals surface area contributed by atoms with Crippen molar-refractivity contribution in [2.45, 2.75) is 52.4 Å². The lowest BCUT2D eigenvalue weighted by molar-refractivity contribution is -0.605. The number of nitrogens with one attached hydrogen (secondary N) is 1. The van der Waals surface area contributed by atoms with Gasteiger partial charge in [-0.15, -0.1) is 0 Å². The summed E-state index contributed by atoms with van der Waals surface area (Å²) in [6.07, 6.45) is 4.16. The number of phenolic OH excluding ortho intramolecular Hbond substituents is 1. The van der Waals surface area contributed by atoms with Crippen molar-refractivity contribution < 1.29 is 9.84 Å². The normalized spacial score (nSPS) is 12.3. The highest BCUT2D eigenvalue weighted by Crippen LogP contribution is 2.41. The summed E-state index contributed by atoms with van der Waals surface area (Å²) in [6.45, 7) is 12.4. The lowest BCUT2D eigenvalue weighted by Crippen LogP contribution is -2.25. The fourth-order valence-electron chi connectivity index (χ4n) is 2.44. The van der Waals surface area contributed by atoms with Gasteiger partial charge in [0.05, 0.1) is 6.20 Å². The Morgan fingerprint density at radius 2 is 1.57 bits per heavy atom. The molecule has 0 aliphatic heterocycles. The monoisotopic (exact) mass is 315 g/mol. The van der Waals surface area contributed by atoms with Gasteiger partial charge in [-0.2, -0.15) is 4.73 Å². The lowest BCUT2D eigenvalue weighted by atomic mass is 9.79. The molecule has 23 heavy (non-hydrogen) atoms. The summed E-state index contributed by atoms with van der Waals surface area (Å²) < 4.78 is 0.699. The topological polar surface area (TPSA) is 72.1 Å². The summed E-state index contributed by atoms with van der Waals surface area (Å²) >= 11 is 0. The van der Waals surface area contributed by atoms with Crippen LogP contribution in [0.2, 0.25) is 0 Å². The Bertz CT molecular complexity index is 678. The highest BCUT2D eigenvalue weighted by Gasteiger charge is 2.26. The zero-order valence-corrected chi connectivity index (χ0v) is 14.6. The average molecular weight is 315 g/mol. The molecule has 1 aromatic heterocycles. The minimum Gasteiger partial charge on any atom is -0.619 e. The van der Waals surface area contributed by atoms with Crippen molar-refractivity contribution in [3.05, 3.63) is 47.1 Å². The smallest absolute Gasteiger partial charge is 0.223 e. The van der Waals surface area contributed by atoms with E-state index in [4.69, 9.17) is 0 Å². The molecular formula is C18H25N3O2. The van der Waals surface area contributed by atoms with Crippen molar-refractivity contribution in [2.24, 2.45) is 0 Å². The van der Waals surface area contributed by atoms with Crippen LogP contribution in [0.3, 0.4) is 0 Å². The summed E-state index contributed by atoms with van der Waals surface area (Å²) in [5, 5.41) is 25.2. The van der Waals surface area contributed by atoms with Crippen LogP contribution in [-0.4, -0.2) is 10.1 Å². The maximum absolute atomic E-state index is 11.4. The Balaban J connectivity index is 2.56. The molecule has 0 radical (unpaired) electrons. The molecule has 0 saturated heterocycles. The van der Waals surface area contributed by atoms with Crippen LogP contribution < -0.4 is 10.0 Å². The van der Waals surface area contributed by atoms with Gasteiger partial charge in [-0.05, 0) is 23.0 Å². The summed E-state index contributed by atoms with van der Waals surface area (Å²) in [5.74, 6) is 0.795. The van der Waals surface area contributed by atoms with Crippen LogP contribution in [0.4, 0.5) is 11.5 Å². The number of hydrogen-bond acceptors (Lipinski definition) is 4. The highest BCUT2D eigenvalue weighted by atomic mass is 16.5. The first kappa shape index (κ1) is 17.1. The quantitative estimate of drug-likeness (QED) is 0.503. The van der Waals surface area contributed by atoms with Crippen LogP contribution in [0.15, 0.2) is 30.7 Å². The molecule has 0 atom stereocenters. The molecule has 1 heterocycles. The second-order valence-electron chi connectivity index (χ2n) is 7.85. The summed E-state index contributed by atoms with van der Waals surface area (Å²) in [5.41, 5.74) is 2.11. The van der Waals surface area contributed by atoms with E-state index in [2.05, 4.69) is 51.8 Å². The van der Waals surface area contributed by atoms with Gasteiger partial charge in [0.25, 0.3) is 0 Å². The Morgan fingerprint density at radius 1 is 1.04 bits per heavy atom. The lowest BCUT2D eigenvalue weighted by Gasteiger charge is -2.28. The van der Waals surface area contributed by atoms with E-state index < -0.39 is 0 Å². The fourth-order valence-corrected chi connectivity index (χ4v) is 2.44. The molecule has 0 saturated carbocycles. The number of benzene rings is 1. The molecule has 5 heteroatoms. The van der Waals surface area contributed by atoms with Gasteiger partial charge >= 0.3 is 0 Å². The molecule has 124 valence electrons. The molecule has 0 bridgehead atoms. The third kappa shape index (κ3) is 3.92.